The zero-order chi connectivity index (χ0) is 13.8. The summed E-state index contributed by atoms with van der Waals surface area (Å²) in [6.07, 6.45) is 0.414. The average molecular weight is 303 g/mol. The lowest BCUT2D eigenvalue weighted by molar-refractivity contribution is -0.125. The van der Waals surface area contributed by atoms with E-state index in [4.69, 9.17) is 11.6 Å². The minimum atomic E-state index is -0.580. The molecule has 4 nitrogen and oxygen atoms in total. The van der Waals surface area contributed by atoms with E-state index in [-0.39, 0.29) is 16.8 Å². The molecule has 0 aliphatic carbocycles. The molecule has 0 aromatic heterocycles. The second-order valence-electron chi connectivity index (χ2n) is 4.06. The Balaban J connectivity index is 2.03. The zero-order valence-corrected chi connectivity index (χ0v) is 11.5. The van der Waals surface area contributed by atoms with Crippen LogP contribution in [-0.2, 0) is 9.59 Å². The second-order valence-corrected chi connectivity index (χ2v) is 5.62. The molecule has 1 aromatic rings. The number of hydrogen-bond acceptors (Lipinski definition) is 3. The maximum absolute atomic E-state index is 13.0. The number of benzene rings is 1. The van der Waals surface area contributed by atoms with Crippen LogP contribution in [0.2, 0.25) is 5.02 Å². The van der Waals surface area contributed by atoms with Gasteiger partial charge in [-0.3, -0.25) is 9.59 Å². The molecule has 1 fully saturated rings. The fourth-order valence-electron chi connectivity index (χ4n) is 1.62. The molecule has 1 saturated heterocycles. The van der Waals surface area contributed by atoms with Crippen LogP contribution in [0.1, 0.15) is 6.42 Å². The van der Waals surface area contributed by atoms with Crippen molar-refractivity contribution in [3.8, 4) is 0 Å². The minimum Gasteiger partial charge on any atom is -0.343 e. The smallest absolute Gasteiger partial charge is 0.247 e. The van der Waals surface area contributed by atoms with Crippen molar-refractivity contribution in [2.24, 2.45) is 0 Å². The molecule has 1 unspecified atom stereocenters. The molecule has 0 spiro atoms. The van der Waals surface area contributed by atoms with Crippen molar-refractivity contribution in [2.45, 2.75) is 12.5 Å². The Labute approximate surface area is 119 Å². The van der Waals surface area contributed by atoms with Crippen molar-refractivity contribution >= 4 is 40.9 Å². The van der Waals surface area contributed by atoms with Crippen LogP contribution in [0.5, 0.6) is 0 Å². The van der Waals surface area contributed by atoms with Crippen LogP contribution in [-0.4, -0.2) is 29.4 Å². The molecule has 0 bridgehead atoms. The predicted molar refractivity (Wildman–Crippen MR) is 73.9 cm³/mol. The third-order valence-corrected chi connectivity index (χ3v) is 3.95. The molecular formula is C12H12ClFN2O2S. The topological polar surface area (TPSA) is 58.2 Å². The number of amides is 2. The van der Waals surface area contributed by atoms with Gasteiger partial charge in [-0.15, -0.1) is 0 Å². The Morgan fingerprint density at radius 2 is 2.32 bits per heavy atom. The summed E-state index contributed by atoms with van der Waals surface area (Å²) < 4.78 is 13.0. The van der Waals surface area contributed by atoms with Gasteiger partial charge in [0.15, 0.2) is 0 Å². The normalized spacial score (nSPS) is 19.5. The second kappa shape index (κ2) is 6.25. The van der Waals surface area contributed by atoms with Crippen LogP contribution in [0.4, 0.5) is 10.1 Å². The highest BCUT2D eigenvalue weighted by molar-refractivity contribution is 7.99. The number of rotatable bonds is 2. The molecule has 1 heterocycles. The number of anilines is 1. The largest absolute Gasteiger partial charge is 0.343 e. The van der Waals surface area contributed by atoms with Gasteiger partial charge in [0, 0.05) is 23.6 Å². The van der Waals surface area contributed by atoms with Gasteiger partial charge in [-0.1, -0.05) is 11.6 Å². The van der Waals surface area contributed by atoms with E-state index in [1.807, 2.05) is 0 Å². The van der Waals surface area contributed by atoms with Crippen LogP contribution in [0.3, 0.4) is 0 Å². The summed E-state index contributed by atoms with van der Waals surface area (Å²) in [7, 11) is 0. The van der Waals surface area contributed by atoms with Crippen LogP contribution in [0.15, 0.2) is 18.2 Å². The molecule has 2 rings (SSSR count). The first-order valence-corrected chi connectivity index (χ1v) is 7.22. The number of hydrogen-bond donors (Lipinski definition) is 2. The summed E-state index contributed by atoms with van der Waals surface area (Å²) in [5, 5.41) is 5.20. The summed E-state index contributed by atoms with van der Waals surface area (Å²) in [5.41, 5.74) is 0.403. The van der Waals surface area contributed by atoms with E-state index >= 15 is 0 Å². The average Bonchev–Trinajstić information content (AvgIpc) is 2.58. The minimum absolute atomic E-state index is 0.0583. The highest BCUT2D eigenvalue weighted by atomic mass is 35.5. The van der Waals surface area contributed by atoms with Gasteiger partial charge in [-0.25, -0.2) is 4.39 Å². The Morgan fingerprint density at radius 1 is 1.53 bits per heavy atom. The summed E-state index contributed by atoms with van der Waals surface area (Å²) in [6, 6.07) is 3.35. The monoisotopic (exact) mass is 302 g/mol. The molecule has 0 saturated carbocycles. The first-order chi connectivity index (χ1) is 9.06. The first kappa shape index (κ1) is 14.1. The molecule has 1 atom stereocenters. The van der Waals surface area contributed by atoms with E-state index < -0.39 is 11.9 Å². The summed E-state index contributed by atoms with van der Waals surface area (Å²) in [6.45, 7) is 0. The van der Waals surface area contributed by atoms with Crippen LogP contribution in [0, 0.1) is 5.82 Å². The SMILES string of the molecule is O=C1CCSCC(C(=O)Nc2ccc(F)c(Cl)c2)N1. The Morgan fingerprint density at radius 3 is 3.05 bits per heavy atom. The number of halogens is 2. The third kappa shape index (κ3) is 3.84. The molecule has 102 valence electrons. The molecule has 19 heavy (non-hydrogen) atoms. The molecule has 2 N–H and O–H groups in total. The summed E-state index contributed by atoms with van der Waals surface area (Å²) >= 11 is 7.17. The molecule has 1 aromatic carbocycles. The van der Waals surface area contributed by atoms with Gasteiger partial charge in [0.1, 0.15) is 11.9 Å². The molecule has 0 radical (unpaired) electrons. The third-order valence-electron chi connectivity index (χ3n) is 2.60. The van der Waals surface area contributed by atoms with Crippen molar-refractivity contribution in [1.82, 2.24) is 5.32 Å². The maximum Gasteiger partial charge on any atom is 0.247 e. The molecule has 1 aliphatic heterocycles. The van der Waals surface area contributed by atoms with Gasteiger partial charge in [0.05, 0.1) is 5.02 Å². The van der Waals surface area contributed by atoms with Crippen molar-refractivity contribution in [3.05, 3.63) is 29.0 Å². The van der Waals surface area contributed by atoms with Crippen molar-refractivity contribution in [3.63, 3.8) is 0 Å². The van der Waals surface area contributed by atoms with E-state index in [1.165, 1.54) is 18.2 Å². The van der Waals surface area contributed by atoms with Crippen LogP contribution in [0.25, 0.3) is 0 Å². The quantitative estimate of drug-likeness (QED) is 0.879. The fraction of sp³-hybridized carbons (Fsp3) is 0.333. The Hall–Kier alpha value is -1.27. The van der Waals surface area contributed by atoms with E-state index in [2.05, 4.69) is 10.6 Å². The summed E-state index contributed by atoms with van der Waals surface area (Å²) in [4.78, 5) is 23.4. The molecule has 1 aliphatic rings. The van der Waals surface area contributed by atoms with Gasteiger partial charge in [0.25, 0.3) is 0 Å². The van der Waals surface area contributed by atoms with Gasteiger partial charge < -0.3 is 10.6 Å². The van der Waals surface area contributed by atoms with Gasteiger partial charge >= 0.3 is 0 Å². The van der Waals surface area contributed by atoms with Gasteiger partial charge in [-0.05, 0) is 18.2 Å². The highest BCUT2D eigenvalue weighted by Gasteiger charge is 2.23. The maximum atomic E-state index is 13.0. The van der Waals surface area contributed by atoms with Crippen LogP contribution >= 0.6 is 23.4 Å². The first-order valence-electron chi connectivity index (χ1n) is 5.69. The van der Waals surface area contributed by atoms with Gasteiger partial charge in [0.2, 0.25) is 11.8 Å². The van der Waals surface area contributed by atoms with E-state index in [0.29, 0.717) is 23.6 Å². The molecule has 2 amide bonds. The lowest BCUT2D eigenvalue weighted by Gasteiger charge is -2.15. The standard InChI is InChI=1S/C12H12ClFN2O2S/c13-8-5-7(1-2-9(8)14)15-12(18)10-6-19-4-3-11(17)16-10/h1-2,5,10H,3-4,6H2,(H,15,18)(H,16,17). The fourth-order valence-corrected chi connectivity index (χ4v) is 2.77. The Kier molecular flexibility index (Phi) is 4.66. The van der Waals surface area contributed by atoms with Crippen molar-refractivity contribution < 1.29 is 14.0 Å². The lowest BCUT2D eigenvalue weighted by Crippen LogP contribution is -2.44. The van der Waals surface area contributed by atoms with Crippen molar-refractivity contribution in [2.75, 3.05) is 16.8 Å². The number of carbonyl (C=O) groups is 2. The van der Waals surface area contributed by atoms with Crippen LogP contribution < -0.4 is 10.6 Å². The molecule has 7 heteroatoms. The number of thioether (sulfide) groups is 1. The van der Waals surface area contributed by atoms with E-state index in [9.17, 15) is 14.0 Å². The highest BCUT2D eigenvalue weighted by Crippen LogP contribution is 2.20. The number of carbonyl (C=O) groups excluding carboxylic acids is 2. The zero-order valence-electron chi connectivity index (χ0n) is 9.91. The van der Waals surface area contributed by atoms with E-state index in [0.717, 1.165) is 0 Å². The van der Waals surface area contributed by atoms with Crippen molar-refractivity contribution in [1.29, 1.82) is 0 Å². The van der Waals surface area contributed by atoms with E-state index in [1.54, 1.807) is 11.8 Å². The number of nitrogens with one attached hydrogen (secondary N) is 2. The van der Waals surface area contributed by atoms with Gasteiger partial charge in [-0.2, -0.15) is 11.8 Å². The lowest BCUT2D eigenvalue weighted by atomic mass is 10.2. The Bertz CT molecular complexity index is 513. The molecular weight excluding hydrogens is 291 g/mol. The predicted octanol–water partition coefficient (Wildman–Crippen LogP) is 2.04. The summed E-state index contributed by atoms with van der Waals surface area (Å²) in [5.74, 6) is 0.218.